The molecule has 286 valence electrons. The van der Waals surface area contributed by atoms with Crippen molar-refractivity contribution in [1.82, 2.24) is 28.9 Å². The number of imidazole rings is 2. The van der Waals surface area contributed by atoms with Crippen LogP contribution in [0.15, 0.2) is 36.4 Å². The predicted molar refractivity (Wildman–Crippen MR) is 210 cm³/mol. The van der Waals surface area contributed by atoms with Crippen molar-refractivity contribution in [3.63, 3.8) is 0 Å². The van der Waals surface area contributed by atoms with Crippen LogP contribution < -0.4 is 5.32 Å². The molecule has 1 amide bonds. The number of Topliss-reactive ketones (excluding diaryl/α,β-unsaturated/α-hetero) is 1. The third-order valence-electron chi connectivity index (χ3n) is 11.8. The summed E-state index contributed by atoms with van der Waals surface area (Å²) in [7, 11) is 3.79. The molecular weight excluding hydrogens is 725 g/mol. The summed E-state index contributed by atoms with van der Waals surface area (Å²) in [5, 5.41) is 13.1. The number of carbonyl (C=O) groups is 3. The number of hydrogen-bond acceptors (Lipinski definition) is 7. The van der Waals surface area contributed by atoms with Crippen LogP contribution in [0.25, 0.3) is 11.1 Å². The number of fused-ring (bicyclic) bond motifs is 2. The fraction of sp³-hybridized carbons (Fsp3) is 0.488. The van der Waals surface area contributed by atoms with E-state index in [1.165, 1.54) is 0 Å². The molecule has 0 atom stereocenters. The van der Waals surface area contributed by atoms with E-state index in [9.17, 15) is 19.5 Å². The number of nitrogens with zero attached hydrogens (tertiary/aromatic N) is 6. The molecule has 4 aromatic rings. The Hall–Kier alpha value is -4.03. The first-order chi connectivity index (χ1) is 25.9. The molecule has 1 saturated carbocycles. The molecule has 3 aliphatic rings. The van der Waals surface area contributed by atoms with E-state index < -0.39 is 5.97 Å². The topological polar surface area (TPSA) is 126 Å². The van der Waals surface area contributed by atoms with Gasteiger partial charge in [0, 0.05) is 88.1 Å². The van der Waals surface area contributed by atoms with Gasteiger partial charge < -0.3 is 19.6 Å². The minimum atomic E-state index is -0.667. The van der Waals surface area contributed by atoms with Gasteiger partial charge in [0.25, 0.3) is 5.91 Å². The summed E-state index contributed by atoms with van der Waals surface area (Å²) in [5.74, 6) is -0.0000796. The number of amides is 1. The van der Waals surface area contributed by atoms with Crippen LogP contribution in [0, 0.1) is 11.8 Å². The van der Waals surface area contributed by atoms with Gasteiger partial charge in [-0.25, -0.2) is 9.97 Å². The van der Waals surface area contributed by atoms with Gasteiger partial charge in [0.1, 0.15) is 0 Å². The van der Waals surface area contributed by atoms with Crippen LogP contribution in [0.5, 0.6) is 0 Å². The van der Waals surface area contributed by atoms with Crippen molar-refractivity contribution < 1.29 is 19.5 Å². The molecule has 0 unspecified atom stereocenters. The zero-order chi connectivity index (χ0) is 38.3. The third kappa shape index (κ3) is 7.74. The Morgan fingerprint density at radius 1 is 0.852 bits per heavy atom. The maximum Gasteiger partial charge on any atom is 0.306 e. The quantitative estimate of drug-likeness (QED) is 0.153. The lowest BCUT2D eigenvalue weighted by Crippen LogP contribution is -2.36. The summed E-state index contributed by atoms with van der Waals surface area (Å²) in [6.45, 7) is 8.52. The fourth-order valence-corrected chi connectivity index (χ4v) is 9.04. The molecule has 11 nitrogen and oxygen atoms in total. The zero-order valence-electron chi connectivity index (χ0n) is 31.5. The lowest BCUT2D eigenvalue weighted by molar-refractivity contribution is -0.143. The van der Waals surface area contributed by atoms with Crippen LogP contribution in [0.1, 0.15) is 95.5 Å². The van der Waals surface area contributed by atoms with E-state index in [1.54, 1.807) is 6.07 Å². The highest BCUT2D eigenvalue weighted by Gasteiger charge is 2.30. The number of rotatable bonds is 11. The number of carbonyl (C=O) groups excluding carboxylic acids is 2. The van der Waals surface area contributed by atoms with E-state index in [0.29, 0.717) is 62.6 Å². The predicted octanol–water partition coefficient (Wildman–Crippen LogP) is 7.21. The molecule has 7 rings (SSSR count). The summed E-state index contributed by atoms with van der Waals surface area (Å²) in [5.41, 5.74) is 6.45. The van der Waals surface area contributed by atoms with Gasteiger partial charge >= 0.3 is 5.97 Å². The molecule has 0 spiro atoms. The standard InChI is InChI=1S/C41H49Cl2N7O4/c1-24(2)50-20-17-34-32(23-50)44-38(47(34)3)35(51)21-27-7-5-8-28(36(27)42)29-9-6-10-30(37(29)43)46-40(52)39-45-31-22-49(19-16-33(31)48(39)4)18-15-25-11-13-26(14-12-25)41(53)54/h5-10,24-26H,11-23H2,1-4H3,(H,46,52)(H,53,54). The largest absolute Gasteiger partial charge is 0.481 e. The number of halogens is 2. The van der Waals surface area contributed by atoms with Gasteiger partial charge in [0.05, 0.1) is 33.0 Å². The van der Waals surface area contributed by atoms with Crippen LogP contribution in [0.3, 0.4) is 0 Å². The highest BCUT2D eigenvalue weighted by atomic mass is 35.5. The number of nitrogens with one attached hydrogen (secondary N) is 1. The molecule has 2 aromatic carbocycles. The van der Waals surface area contributed by atoms with Gasteiger partial charge in [-0.05, 0) is 70.0 Å². The molecule has 0 bridgehead atoms. The third-order valence-corrected chi connectivity index (χ3v) is 12.7. The Kier molecular flexibility index (Phi) is 11.3. The minimum absolute atomic E-state index is 0.0907. The number of aliphatic carboxylic acids is 1. The zero-order valence-corrected chi connectivity index (χ0v) is 33.0. The summed E-state index contributed by atoms with van der Waals surface area (Å²) < 4.78 is 3.81. The first kappa shape index (κ1) is 38.3. The Morgan fingerprint density at radius 2 is 1.48 bits per heavy atom. The number of hydrogen-bond donors (Lipinski definition) is 2. The summed E-state index contributed by atoms with van der Waals surface area (Å²) in [6, 6.07) is 11.4. The second-order valence-electron chi connectivity index (χ2n) is 15.5. The Balaban J connectivity index is 1.02. The number of carboxylic acid groups (broad SMARTS) is 1. The first-order valence-corrected chi connectivity index (χ1v) is 19.8. The SMILES string of the molecule is CC(C)N1CCc2c(nc(C(=O)Cc3cccc(-c4cccc(NC(=O)c5nc6c(n5C)CCN(CCC5CCC(C(=O)O)CC5)C6)c4Cl)c3Cl)n2C)C1. The van der Waals surface area contributed by atoms with Crippen LogP contribution in [-0.2, 0) is 51.2 Å². The van der Waals surface area contributed by atoms with E-state index in [2.05, 4.69) is 29.0 Å². The van der Waals surface area contributed by atoms with E-state index in [1.807, 2.05) is 53.6 Å². The maximum atomic E-state index is 13.7. The Bertz CT molecular complexity index is 2080. The highest BCUT2D eigenvalue weighted by molar-refractivity contribution is 6.39. The van der Waals surface area contributed by atoms with Crippen LogP contribution in [-0.4, -0.2) is 77.3 Å². The molecule has 2 aromatic heterocycles. The van der Waals surface area contributed by atoms with Gasteiger partial charge in [0.15, 0.2) is 11.6 Å². The number of aromatic nitrogens is 4. The molecule has 0 saturated heterocycles. The molecule has 2 aliphatic heterocycles. The van der Waals surface area contributed by atoms with Crippen molar-refractivity contribution >= 4 is 46.5 Å². The lowest BCUT2D eigenvalue weighted by Gasteiger charge is -2.30. The normalized spacial score (nSPS) is 19.1. The van der Waals surface area contributed by atoms with E-state index in [-0.39, 0.29) is 24.0 Å². The van der Waals surface area contributed by atoms with Crippen molar-refractivity contribution in [2.75, 3.05) is 25.0 Å². The maximum absolute atomic E-state index is 13.7. The van der Waals surface area contributed by atoms with E-state index in [4.69, 9.17) is 33.2 Å². The molecule has 13 heteroatoms. The van der Waals surface area contributed by atoms with Gasteiger partial charge in [-0.15, -0.1) is 0 Å². The molecule has 54 heavy (non-hydrogen) atoms. The second-order valence-corrected chi connectivity index (χ2v) is 16.2. The van der Waals surface area contributed by atoms with Gasteiger partial charge in [-0.1, -0.05) is 53.5 Å². The monoisotopic (exact) mass is 773 g/mol. The molecule has 0 radical (unpaired) electrons. The van der Waals surface area contributed by atoms with Crippen molar-refractivity contribution in [3.05, 3.63) is 86.4 Å². The lowest BCUT2D eigenvalue weighted by atomic mass is 9.80. The Labute approximate surface area is 326 Å². The van der Waals surface area contributed by atoms with E-state index >= 15 is 0 Å². The van der Waals surface area contributed by atoms with Crippen LogP contribution in [0.4, 0.5) is 5.69 Å². The average molecular weight is 775 g/mol. The number of anilines is 1. The fourth-order valence-electron chi connectivity index (χ4n) is 8.47. The average Bonchev–Trinajstić information content (AvgIpc) is 3.68. The first-order valence-electron chi connectivity index (χ1n) is 19.1. The summed E-state index contributed by atoms with van der Waals surface area (Å²) >= 11 is 14.0. The van der Waals surface area contributed by atoms with Gasteiger partial charge in [-0.2, -0.15) is 0 Å². The number of ketones is 1. The van der Waals surface area contributed by atoms with Crippen molar-refractivity contribution in [2.45, 2.75) is 84.3 Å². The van der Waals surface area contributed by atoms with Crippen molar-refractivity contribution in [1.29, 1.82) is 0 Å². The molecule has 1 aliphatic carbocycles. The molecule has 4 heterocycles. The molecule has 1 fully saturated rings. The Morgan fingerprint density at radius 3 is 2.19 bits per heavy atom. The van der Waals surface area contributed by atoms with E-state index in [0.717, 1.165) is 93.9 Å². The number of benzene rings is 2. The van der Waals surface area contributed by atoms with Gasteiger partial charge in [0.2, 0.25) is 5.78 Å². The second kappa shape index (κ2) is 16.0. The molecular formula is C41H49Cl2N7O4. The van der Waals surface area contributed by atoms with Crippen molar-refractivity contribution in [2.24, 2.45) is 25.9 Å². The van der Waals surface area contributed by atoms with Crippen molar-refractivity contribution in [3.8, 4) is 11.1 Å². The van der Waals surface area contributed by atoms with Gasteiger partial charge in [-0.3, -0.25) is 24.2 Å². The van der Waals surface area contributed by atoms with Crippen LogP contribution in [0.2, 0.25) is 10.0 Å². The number of carboxylic acids is 1. The smallest absolute Gasteiger partial charge is 0.306 e. The van der Waals surface area contributed by atoms with Crippen LogP contribution >= 0.6 is 23.2 Å². The highest BCUT2D eigenvalue weighted by Crippen LogP contribution is 2.39. The minimum Gasteiger partial charge on any atom is -0.481 e. The summed E-state index contributed by atoms with van der Waals surface area (Å²) in [4.78, 5) is 53.0. The summed E-state index contributed by atoms with van der Waals surface area (Å²) in [6.07, 6.45) is 6.26. The molecule has 2 N–H and O–H groups in total.